The van der Waals surface area contributed by atoms with E-state index in [9.17, 15) is 4.79 Å². The molecule has 1 amide bonds. The van der Waals surface area contributed by atoms with Gasteiger partial charge in [-0.3, -0.25) is 9.69 Å². The van der Waals surface area contributed by atoms with Gasteiger partial charge in [-0.25, -0.2) is 0 Å². The molecule has 4 nitrogen and oxygen atoms in total. The number of amides is 1. The lowest BCUT2D eigenvalue weighted by atomic mass is 10.1. The van der Waals surface area contributed by atoms with E-state index in [2.05, 4.69) is 25.7 Å². The molecule has 0 saturated carbocycles. The van der Waals surface area contributed by atoms with Gasteiger partial charge in [0.25, 0.3) is 0 Å². The summed E-state index contributed by atoms with van der Waals surface area (Å²) in [6, 6.07) is 8.64. The van der Waals surface area contributed by atoms with E-state index in [0.29, 0.717) is 12.5 Å². The van der Waals surface area contributed by atoms with Gasteiger partial charge >= 0.3 is 0 Å². The Morgan fingerprint density at radius 1 is 1.04 bits per heavy atom. The third-order valence-corrected chi connectivity index (χ3v) is 5.17. The summed E-state index contributed by atoms with van der Waals surface area (Å²) in [4.78, 5) is 17.1. The largest absolute Gasteiger partial charge is 0.494 e. The van der Waals surface area contributed by atoms with Crippen LogP contribution >= 0.6 is 12.4 Å². The number of carbonyl (C=O) groups excluding carboxylic acids is 1. The van der Waals surface area contributed by atoms with E-state index in [1.807, 2.05) is 29.2 Å². The summed E-state index contributed by atoms with van der Waals surface area (Å²) in [7, 11) is 0. The molecule has 0 spiro atoms. The molecule has 148 valence electrons. The molecule has 0 unspecified atom stereocenters. The first kappa shape index (κ1) is 22.8. The van der Waals surface area contributed by atoms with E-state index in [1.165, 1.54) is 12.8 Å². The maximum absolute atomic E-state index is 12.6. The number of ether oxygens (including phenoxy) is 1. The minimum absolute atomic E-state index is 0. The highest BCUT2D eigenvalue weighted by Crippen LogP contribution is 2.16. The minimum atomic E-state index is 0. The van der Waals surface area contributed by atoms with Gasteiger partial charge in [-0.05, 0) is 37.0 Å². The monoisotopic (exact) mass is 382 g/mol. The summed E-state index contributed by atoms with van der Waals surface area (Å²) < 4.78 is 5.68. The van der Waals surface area contributed by atoms with Gasteiger partial charge < -0.3 is 9.64 Å². The van der Waals surface area contributed by atoms with Gasteiger partial charge in [-0.2, -0.15) is 0 Å². The molecule has 1 fully saturated rings. The van der Waals surface area contributed by atoms with Crippen LogP contribution in [0.3, 0.4) is 0 Å². The Hall–Kier alpha value is -1.26. The Labute approximate surface area is 165 Å². The average molecular weight is 383 g/mol. The van der Waals surface area contributed by atoms with E-state index in [-0.39, 0.29) is 18.3 Å². The SMILES string of the molecule is CCCCOc1ccc(CC(=O)N2CCN(C(CC)CC)CC2)cc1.Cl. The molecule has 1 aromatic rings. The molecular formula is C21H35ClN2O2. The van der Waals surface area contributed by atoms with Crippen molar-refractivity contribution >= 4 is 18.3 Å². The topological polar surface area (TPSA) is 32.8 Å². The lowest BCUT2D eigenvalue weighted by Gasteiger charge is -2.39. The van der Waals surface area contributed by atoms with Gasteiger partial charge in [0.05, 0.1) is 13.0 Å². The summed E-state index contributed by atoms with van der Waals surface area (Å²) in [5.41, 5.74) is 1.07. The smallest absolute Gasteiger partial charge is 0.227 e. The number of halogens is 1. The van der Waals surface area contributed by atoms with Crippen molar-refractivity contribution in [3.8, 4) is 5.75 Å². The molecule has 1 saturated heterocycles. The molecular weight excluding hydrogens is 348 g/mol. The van der Waals surface area contributed by atoms with E-state index in [1.54, 1.807) is 0 Å². The standard InChI is InChI=1S/C21H34N2O2.ClH/c1-4-7-16-25-20-10-8-18(9-11-20)17-21(24)23-14-12-22(13-15-23)19(5-2)6-3;/h8-11,19H,4-7,12-17H2,1-3H3;1H. The van der Waals surface area contributed by atoms with E-state index in [0.717, 1.165) is 56.9 Å². The fraction of sp³-hybridized carbons (Fsp3) is 0.667. The average Bonchev–Trinajstić information content (AvgIpc) is 2.65. The summed E-state index contributed by atoms with van der Waals surface area (Å²) in [5, 5.41) is 0. The summed E-state index contributed by atoms with van der Waals surface area (Å²) in [6.07, 6.45) is 5.08. The fourth-order valence-electron chi connectivity index (χ4n) is 3.47. The van der Waals surface area contributed by atoms with Crippen molar-refractivity contribution in [2.24, 2.45) is 0 Å². The number of carbonyl (C=O) groups is 1. The number of benzene rings is 1. The zero-order chi connectivity index (χ0) is 18.1. The van der Waals surface area contributed by atoms with Gasteiger partial charge in [-0.1, -0.05) is 39.3 Å². The summed E-state index contributed by atoms with van der Waals surface area (Å²) in [6.45, 7) is 11.1. The predicted octanol–water partition coefficient (Wildman–Crippen LogP) is 4.16. The van der Waals surface area contributed by atoms with Crippen molar-refractivity contribution < 1.29 is 9.53 Å². The zero-order valence-corrected chi connectivity index (χ0v) is 17.4. The van der Waals surface area contributed by atoms with Crippen LogP contribution in [-0.4, -0.2) is 54.5 Å². The summed E-state index contributed by atoms with van der Waals surface area (Å²) in [5.74, 6) is 1.13. The Morgan fingerprint density at radius 2 is 1.65 bits per heavy atom. The van der Waals surface area contributed by atoms with E-state index in [4.69, 9.17) is 4.74 Å². The van der Waals surface area contributed by atoms with Crippen LogP contribution in [0.2, 0.25) is 0 Å². The van der Waals surface area contributed by atoms with Crippen LogP contribution in [0.1, 0.15) is 52.0 Å². The van der Waals surface area contributed by atoms with Crippen LogP contribution in [0.5, 0.6) is 5.75 Å². The lowest BCUT2D eigenvalue weighted by molar-refractivity contribution is -0.132. The highest BCUT2D eigenvalue weighted by molar-refractivity contribution is 5.85. The van der Waals surface area contributed by atoms with Gasteiger partial charge in [-0.15, -0.1) is 12.4 Å². The molecule has 2 rings (SSSR count). The van der Waals surface area contributed by atoms with Gasteiger partial charge in [0.1, 0.15) is 5.75 Å². The Kier molecular flexibility index (Phi) is 10.7. The molecule has 0 aliphatic carbocycles. The Balaban J connectivity index is 0.00000338. The number of hydrogen-bond acceptors (Lipinski definition) is 3. The van der Waals surface area contributed by atoms with Crippen LogP contribution in [0, 0.1) is 0 Å². The molecule has 0 N–H and O–H groups in total. The van der Waals surface area contributed by atoms with Crippen molar-refractivity contribution in [1.29, 1.82) is 0 Å². The zero-order valence-electron chi connectivity index (χ0n) is 16.6. The number of unbranched alkanes of at least 4 members (excludes halogenated alkanes) is 1. The second-order valence-electron chi connectivity index (χ2n) is 6.91. The second kappa shape index (κ2) is 12.2. The molecule has 1 aliphatic heterocycles. The lowest BCUT2D eigenvalue weighted by Crippen LogP contribution is -2.52. The van der Waals surface area contributed by atoms with Crippen LogP contribution in [-0.2, 0) is 11.2 Å². The number of piperazine rings is 1. The van der Waals surface area contributed by atoms with Crippen LogP contribution < -0.4 is 4.74 Å². The molecule has 0 bridgehead atoms. The van der Waals surface area contributed by atoms with Crippen molar-refractivity contribution in [1.82, 2.24) is 9.80 Å². The molecule has 5 heteroatoms. The number of nitrogens with zero attached hydrogens (tertiary/aromatic N) is 2. The molecule has 26 heavy (non-hydrogen) atoms. The molecule has 1 aromatic carbocycles. The quantitative estimate of drug-likeness (QED) is 0.601. The van der Waals surface area contributed by atoms with Crippen LogP contribution in [0.4, 0.5) is 0 Å². The molecule has 0 atom stereocenters. The van der Waals surface area contributed by atoms with Crippen molar-refractivity contribution in [2.75, 3.05) is 32.8 Å². The maximum atomic E-state index is 12.6. The third kappa shape index (κ3) is 6.81. The normalized spacial score (nSPS) is 15.0. The molecule has 0 radical (unpaired) electrons. The first-order valence-corrected chi connectivity index (χ1v) is 9.91. The highest BCUT2D eigenvalue weighted by atomic mass is 35.5. The van der Waals surface area contributed by atoms with E-state index >= 15 is 0 Å². The molecule has 1 aliphatic rings. The summed E-state index contributed by atoms with van der Waals surface area (Å²) >= 11 is 0. The fourth-order valence-corrected chi connectivity index (χ4v) is 3.47. The third-order valence-electron chi connectivity index (χ3n) is 5.17. The van der Waals surface area contributed by atoms with Crippen LogP contribution in [0.25, 0.3) is 0 Å². The number of rotatable bonds is 9. The molecule has 1 heterocycles. The highest BCUT2D eigenvalue weighted by Gasteiger charge is 2.24. The van der Waals surface area contributed by atoms with E-state index < -0.39 is 0 Å². The van der Waals surface area contributed by atoms with Crippen molar-refractivity contribution in [3.05, 3.63) is 29.8 Å². The first-order chi connectivity index (χ1) is 12.2. The Morgan fingerprint density at radius 3 is 2.19 bits per heavy atom. The van der Waals surface area contributed by atoms with Gasteiger partial charge in [0, 0.05) is 32.2 Å². The molecule has 0 aromatic heterocycles. The Bertz CT molecular complexity index is 509. The van der Waals surface area contributed by atoms with Gasteiger partial charge in [0.2, 0.25) is 5.91 Å². The maximum Gasteiger partial charge on any atom is 0.227 e. The number of hydrogen-bond donors (Lipinski definition) is 0. The van der Waals surface area contributed by atoms with Crippen LogP contribution in [0.15, 0.2) is 24.3 Å². The van der Waals surface area contributed by atoms with Gasteiger partial charge in [0.15, 0.2) is 0 Å². The minimum Gasteiger partial charge on any atom is -0.494 e. The predicted molar refractivity (Wildman–Crippen MR) is 110 cm³/mol. The second-order valence-corrected chi connectivity index (χ2v) is 6.91. The van der Waals surface area contributed by atoms with Crippen molar-refractivity contribution in [2.45, 2.75) is 58.9 Å². The van der Waals surface area contributed by atoms with Crippen molar-refractivity contribution in [3.63, 3.8) is 0 Å². The first-order valence-electron chi connectivity index (χ1n) is 9.91.